The van der Waals surface area contributed by atoms with Crippen LogP contribution in [0.5, 0.6) is 0 Å². The summed E-state index contributed by atoms with van der Waals surface area (Å²) in [6.07, 6.45) is 2.57. The van der Waals surface area contributed by atoms with E-state index in [0.29, 0.717) is 26.2 Å². The lowest BCUT2D eigenvalue weighted by Gasteiger charge is -2.09. The summed E-state index contributed by atoms with van der Waals surface area (Å²) in [5, 5.41) is 11.6. The topological polar surface area (TPSA) is 84.9 Å². The molecule has 116 valence electrons. The van der Waals surface area contributed by atoms with E-state index in [0.717, 1.165) is 24.3 Å². The minimum absolute atomic E-state index is 0.104. The predicted octanol–water partition coefficient (Wildman–Crippen LogP) is 1.65. The third-order valence-corrected chi connectivity index (χ3v) is 4.21. The minimum Gasteiger partial charge on any atom is -0.477 e. The summed E-state index contributed by atoms with van der Waals surface area (Å²) in [6.45, 7) is 2.06. The van der Waals surface area contributed by atoms with Gasteiger partial charge in [-0.15, -0.1) is 11.3 Å². The number of carboxylic acids is 1. The molecule has 6 nitrogen and oxygen atoms in total. The average molecular weight is 313 g/mol. The molecule has 0 spiro atoms. The van der Waals surface area contributed by atoms with E-state index in [-0.39, 0.29) is 16.9 Å². The first-order chi connectivity index (χ1) is 10.1. The van der Waals surface area contributed by atoms with Gasteiger partial charge in [-0.2, -0.15) is 0 Å². The highest BCUT2D eigenvalue weighted by Gasteiger charge is 2.15. The van der Waals surface area contributed by atoms with Crippen molar-refractivity contribution in [3.8, 4) is 0 Å². The molecular weight excluding hydrogens is 294 g/mol. The first-order valence-corrected chi connectivity index (χ1v) is 7.75. The Morgan fingerprint density at radius 2 is 2.33 bits per heavy atom. The number of aromatic carboxylic acids is 1. The van der Waals surface area contributed by atoms with E-state index in [4.69, 9.17) is 14.6 Å². The largest absolute Gasteiger partial charge is 0.477 e. The molecule has 1 aromatic rings. The Morgan fingerprint density at radius 3 is 3.00 bits per heavy atom. The molecular formula is C14H19NO5S. The van der Waals surface area contributed by atoms with Gasteiger partial charge < -0.3 is 19.9 Å². The Labute approximate surface area is 127 Å². The van der Waals surface area contributed by atoms with Crippen LogP contribution in [-0.2, 0) is 20.8 Å². The molecule has 0 radical (unpaired) electrons. The Hall–Kier alpha value is -1.44. The monoisotopic (exact) mass is 313 g/mol. The van der Waals surface area contributed by atoms with Crippen LogP contribution in [0.4, 0.5) is 0 Å². The normalized spacial score (nSPS) is 17.8. The first kappa shape index (κ1) is 15.9. The summed E-state index contributed by atoms with van der Waals surface area (Å²) >= 11 is 1.17. The number of hydrogen-bond acceptors (Lipinski definition) is 5. The van der Waals surface area contributed by atoms with Crippen LogP contribution in [0.3, 0.4) is 0 Å². The van der Waals surface area contributed by atoms with Gasteiger partial charge >= 0.3 is 5.97 Å². The Balaban J connectivity index is 1.57. The molecule has 2 heterocycles. The van der Waals surface area contributed by atoms with E-state index < -0.39 is 5.97 Å². The molecule has 1 saturated heterocycles. The van der Waals surface area contributed by atoms with Crippen LogP contribution in [0, 0.1) is 0 Å². The Bertz CT molecular complexity index is 481. The number of amides is 1. The zero-order valence-electron chi connectivity index (χ0n) is 11.7. The summed E-state index contributed by atoms with van der Waals surface area (Å²) in [5.41, 5.74) is 0. The van der Waals surface area contributed by atoms with Crippen LogP contribution < -0.4 is 5.32 Å². The molecule has 21 heavy (non-hydrogen) atoms. The van der Waals surface area contributed by atoms with Crippen molar-refractivity contribution in [3.63, 3.8) is 0 Å². The van der Waals surface area contributed by atoms with Gasteiger partial charge in [0.05, 0.1) is 25.9 Å². The van der Waals surface area contributed by atoms with Crippen LogP contribution in [-0.4, -0.2) is 42.9 Å². The van der Waals surface area contributed by atoms with Crippen LogP contribution in [0.1, 0.15) is 33.8 Å². The quantitative estimate of drug-likeness (QED) is 0.713. The van der Waals surface area contributed by atoms with E-state index in [1.807, 2.05) is 0 Å². The van der Waals surface area contributed by atoms with Gasteiger partial charge in [0, 0.05) is 17.9 Å². The lowest BCUT2D eigenvalue weighted by molar-refractivity contribution is -0.122. The zero-order chi connectivity index (χ0) is 15.1. The van der Waals surface area contributed by atoms with Crippen molar-refractivity contribution < 1.29 is 24.2 Å². The van der Waals surface area contributed by atoms with Crippen molar-refractivity contribution in [2.75, 3.05) is 19.8 Å². The minimum atomic E-state index is -0.944. The van der Waals surface area contributed by atoms with Gasteiger partial charge in [0.15, 0.2) is 0 Å². The van der Waals surface area contributed by atoms with Crippen LogP contribution in [0.15, 0.2) is 12.1 Å². The number of rotatable bonds is 8. The van der Waals surface area contributed by atoms with Crippen LogP contribution in [0.2, 0.25) is 0 Å². The van der Waals surface area contributed by atoms with Crippen molar-refractivity contribution in [2.45, 2.75) is 31.9 Å². The molecule has 2 N–H and O–H groups in total. The molecule has 1 atom stereocenters. The van der Waals surface area contributed by atoms with Gasteiger partial charge in [-0.25, -0.2) is 4.79 Å². The highest BCUT2D eigenvalue weighted by molar-refractivity contribution is 7.13. The van der Waals surface area contributed by atoms with E-state index >= 15 is 0 Å². The number of hydrogen-bond donors (Lipinski definition) is 2. The molecule has 2 rings (SSSR count). The Kier molecular flexibility index (Phi) is 6.16. The third kappa shape index (κ3) is 5.45. The summed E-state index contributed by atoms with van der Waals surface area (Å²) in [5.74, 6) is -1.05. The molecule has 1 aliphatic heterocycles. The average Bonchev–Trinajstić information content (AvgIpc) is 3.12. The summed E-state index contributed by atoms with van der Waals surface area (Å²) < 4.78 is 10.8. The van der Waals surface area contributed by atoms with Crippen molar-refractivity contribution in [3.05, 3.63) is 21.9 Å². The number of carboxylic acid groups (broad SMARTS) is 1. The maximum Gasteiger partial charge on any atom is 0.345 e. The highest BCUT2D eigenvalue weighted by Crippen LogP contribution is 2.16. The van der Waals surface area contributed by atoms with Gasteiger partial charge in [-0.1, -0.05) is 0 Å². The first-order valence-electron chi connectivity index (χ1n) is 6.93. The highest BCUT2D eigenvalue weighted by atomic mass is 32.1. The summed E-state index contributed by atoms with van der Waals surface area (Å²) in [4.78, 5) is 23.4. The van der Waals surface area contributed by atoms with Crippen molar-refractivity contribution in [2.24, 2.45) is 0 Å². The maximum atomic E-state index is 11.6. The fraction of sp³-hybridized carbons (Fsp3) is 0.571. The molecule has 0 bridgehead atoms. The standard InChI is InChI=1S/C14H19NO5S/c16-13(5-7-19-9-10-2-1-6-20-10)15-8-11-3-4-12(21-11)14(17)18/h3-4,10H,1-2,5-9H2,(H,15,16)(H,17,18). The lowest BCUT2D eigenvalue weighted by atomic mass is 10.2. The zero-order valence-corrected chi connectivity index (χ0v) is 12.5. The van der Waals surface area contributed by atoms with E-state index in [2.05, 4.69) is 5.32 Å². The van der Waals surface area contributed by atoms with Crippen molar-refractivity contribution in [1.29, 1.82) is 0 Å². The smallest absolute Gasteiger partial charge is 0.345 e. The second kappa shape index (κ2) is 8.11. The summed E-state index contributed by atoms with van der Waals surface area (Å²) in [6, 6.07) is 3.25. The second-order valence-corrected chi connectivity index (χ2v) is 5.98. The van der Waals surface area contributed by atoms with Gasteiger partial charge in [0.25, 0.3) is 0 Å². The molecule has 1 amide bonds. The van der Waals surface area contributed by atoms with E-state index in [1.165, 1.54) is 11.3 Å². The van der Waals surface area contributed by atoms with Gasteiger partial charge in [-0.05, 0) is 25.0 Å². The van der Waals surface area contributed by atoms with E-state index in [9.17, 15) is 9.59 Å². The SMILES string of the molecule is O=C(CCOCC1CCCO1)NCc1ccc(C(=O)O)s1. The van der Waals surface area contributed by atoms with Crippen LogP contribution >= 0.6 is 11.3 Å². The fourth-order valence-corrected chi connectivity index (χ4v) is 2.80. The second-order valence-electron chi connectivity index (χ2n) is 4.81. The predicted molar refractivity (Wildman–Crippen MR) is 77.5 cm³/mol. The van der Waals surface area contributed by atoms with Crippen molar-refractivity contribution in [1.82, 2.24) is 5.32 Å². The molecule has 0 aromatic carbocycles. The number of ether oxygens (including phenoxy) is 2. The number of carbonyl (C=O) groups is 2. The molecule has 1 fully saturated rings. The fourth-order valence-electron chi connectivity index (χ4n) is 2.02. The van der Waals surface area contributed by atoms with E-state index in [1.54, 1.807) is 12.1 Å². The third-order valence-electron chi connectivity index (χ3n) is 3.13. The molecule has 1 aromatic heterocycles. The Morgan fingerprint density at radius 1 is 1.48 bits per heavy atom. The summed E-state index contributed by atoms with van der Waals surface area (Å²) in [7, 11) is 0. The van der Waals surface area contributed by atoms with Crippen molar-refractivity contribution >= 4 is 23.2 Å². The number of carbonyl (C=O) groups excluding carboxylic acids is 1. The molecule has 0 saturated carbocycles. The maximum absolute atomic E-state index is 11.6. The molecule has 0 aliphatic carbocycles. The van der Waals surface area contributed by atoms with Gasteiger partial charge in [0.1, 0.15) is 4.88 Å². The van der Waals surface area contributed by atoms with Gasteiger partial charge in [-0.3, -0.25) is 4.79 Å². The van der Waals surface area contributed by atoms with Crippen LogP contribution in [0.25, 0.3) is 0 Å². The molecule has 7 heteroatoms. The molecule has 1 aliphatic rings. The molecule has 1 unspecified atom stereocenters. The lowest BCUT2D eigenvalue weighted by Crippen LogP contribution is -2.24. The van der Waals surface area contributed by atoms with Gasteiger partial charge in [0.2, 0.25) is 5.91 Å². The number of nitrogens with one attached hydrogen (secondary N) is 1. The number of thiophene rings is 1.